The second-order valence-electron chi connectivity index (χ2n) is 7.85. The van der Waals surface area contributed by atoms with E-state index in [2.05, 4.69) is 40.3 Å². The van der Waals surface area contributed by atoms with Crippen LogP contribution in [0.5, 0.6) is 0 Å². The second-order valence-corrected chi connectivity index (χ2v) is 7.85. The van der Waals surface area contributed by atoms with E-state index in [9.17, 15) is 4.79 Å². The minimum absolute atomic E-state index is 0.0565. The fourth-order valence-corrected chi connectivity index (χ4v) is 3.87. The van der Waals surface area contributed by atoms with Gasteiger partial charge in [-0.3, -0.25) is 14.5 Å². The first-order chi connectivity index (χ1) is 13.0. The largest absolute Gasteiger partial charge is 0.376 e. The molecule has 0 bridgehead atoms. The molecule has 8 heteroatoms. The van der Waals surface area contributed by atoms with E-state index >= 15 is 0 Å². The third kappa shape index (κ3) is 4.10. The summed E-state index contributed by atoms with van der Waals surface area (Å²) in [6.07, 6.45) is 6.58. The van der Waals surface area contributed by atoms with Gasteiger partial charge in [-0.15, -0.1) is 0 Å². The van der Waals surface area contributed by atoms with Crippen LogP contribution in [0.15, 0.2) is 24.7 Å². The Morgan fingerprint density at radius 3 is 3.04 bits per heavy atom. The van der Waals surface area contributed by atoms with Crippen LogP contribution in [0.25, 0.3) is 0 Å². The molecule has 0 spiro atoms. The molecule has 1 N–H and O–H groups in total. The molecule has 1 saturated heterocycles. The molecule has 1 unspecified atom stereocenters. The molecular weight excluding hydrogens is 344 g/mol. The highest BCUT2D eigenvalue weighted by Gasteiger charge is 2.36. The third-order valence-electron chi connectivity index (χ3n) is 5.22. The molecule has 0 radical (unpaired) electrons. The maximum atomic E-state index is 13.0. The van der Waals surface area contributed by atoms with Crippen LogP contribution in [0.4, 0.5) is 5.82 Å². The number of nitrogens with zero attached hydrogens (tertiary/aromatic N) is 5. The van der Waals surface area contributed by atoms with Crippen molar-refractivity contribution in [1.29, 1.82) is 0 Å². The predicted molar refractivity (Wildman–Crippen MR) is 99.8 cm³/mol. The van der Waals surface area contributed by atoms with E-state index < -0.39 is 0 Å². The van der Waals surface area contributed by atoms with E-state index in [4.69, 9.17) is 4.74 Å². The number of nitrogens with one attached hydrogen (secondary N) is 1. The fraction of sp³-hybridized carbons (Fsp3) is 0.579. The van der Waals surface area contributed by atoms with Gasteiger partial charge in [0.1, 0.15) is 5.82 Å². The SMILES string of the molecule is CC1(C)CC(C(=O)N2CCn3nc(CNc4cnccn4)cc3C2)CCO1. The Morgan fingerprint density at radius 1 is 1.37 bits per heavy atom. The third-order valence-corrected chi connectivity index (χ3v) is 5.22. The van der Waals surface area contributed by atoms with Crippen molar-refractivity contribution in [3.8, 4) is 0 Å². The van der Waals surface area contributed by atoms with Gasteiger partial charge in [0.25, 0.3) is 0 Å². The summed E-state index contributed by atoms with van der Waals surface area (Å²) >= 11 is 0. The predicted octanol–water partition coefficient (Wildman–Crippen LogP) is 1.83. The van der Waals surface area contributed by atoms with Gasteiger partial charge in [0.05, 0.1) is 42.8 Å². The van der Waals surface area contributed by atoms with Crippen molar-refractivity contribution in [3.63, 3.8) is 0 Å². The standard InChI is InChI=1S/C19H26N6O2/c1-19(2)10-14(3-8-27-19)18(26)24-6-7-25-16(13-24)9-15(23-25)11-22-17-12-20-4-5-21-17/h4-5,9,12,14H,3,6-8,10-11,13H2,1-2H3,(H,21,22). The smallest absolute Gasteiger partial charge is 0.226 e. The Morgan fingerprint density at radius 2 is 2.26 bits per heavy atom. The van der Waals surface area contributed by atoms with Crippen LogP contribution in [0.2, 0.25) is 0 Å². The fourth-order valence-electron chi connectivity index (χ4n) is 3.87. The van der Waals surface area contributed by atoms with Crippen LogP contribution >= 0.6 is 0 Å². The van der Waals surface area contributed by atoms with Crippen LogP contribution in [0, 0.1) is 5.92 Å². The lowest BCUT2D eigenvalue weighted by Crippen LogP contribution is -2.46. The maximum absolute atomic E-state index is 13.0. The van der Waals surface area contributed by atoms with Crippen molar-refractivity contribution < 1.29 is 9.53 Å². The van der Waals surface area contributed by atoms with Crippen LogP contribution < -0.4 is 5.32 Å². The number of carbonyl (C=O) groups excluding carboxylic acids is 1. The number of amides is 1. The number of hydrogen-bond acceptors (Lipinski definition) is 6. The molecule has 1 atom stereocenters. The van der Waals surface area contributed by atoms with Crippen LogP contribution in [0.1, 0.15) is 38.1 Å². The van der Waals surface area contributed by atoms with Gasteiger partial charge in [-0.2, -0.15) is 5.10 Å². The number of hydrogen-bond donors (Lipinski definition) is 1. The minimum atomic E-state index is -0.213. The molecule has 8 nitrogen and oxygen atoms in total. The molecule has 2 aromatic rings. The molecule has 1 amide bonds. The number of aromatic nitrogens is 4. The minimum Gasteiger partial charge on any atom is -0.376 e. The van der Waals surface area contributed by atoms with Gasteiger partial charge in [-0.25, -0.2) is 4.98 Å². The lowest BCUT2D eigenvalue weighted by atomic mass is 9.87. The summed E-state index contributed by atoms with van der Waals surface area (Å²) in [5.41, 5.74) is 1.81. The van der Waals surface area contributed by atoms with Crippen molar-refractivity contribution in [2.45, 2.75) is 51.9 Å². The van der Waals surface area contributed by atoms with Crippen LogP contribution in [-0.2, 0) is 29.2 Å². The van der Waals surface area contributed by atoms with Gasteiger partial charge in [0.2, 0.25) is 5.91 Å². The zero-order valence-corrected chi connectivity index (χ0v) is 15.9. The maximum Gasteiger partial charge on any atom is 0.226 e. The zero-order valence-electron chi connectivity index (χ0n) is 15.9. The van der Waals surface area contributed by atoms with Crippen LogP contribution in [-0.4, -0.2) is 49.3 Å². The zero-order chi connectivity index (χ0) is 18.9. The molecule has 0 saturated carbocycles. The molecular formula is C19H26N6O2. The summed E-state index contributed by atoms with van der Waals surface area (Å²) < 4.78 is 7.76. The Bertz CT molecular complexity index is 804. The number of anilines is 1. The molecule has 0 aromatic carbocycles. The average molecular weight is 370 g/mol. The van der Waals surface area contributed by atoms with E-state index in [0.717, 1.165) is 36.6 Å². The summed E-state index contributed by atoms with van der Waals surface area (Å²) in [5.74, 6) is 1.03. The lowest BCUT2D eigenvalue weighted by molar-refractivity contribution is -0.146. The summed E-state index contributed by atoms with van der Waals surface area (Å²) in [5, 5.41) is 7.86. The van der Waals surface area contributed by atoms with Gasteiger partial charge < -0.3 is 15.0 Å². The molecule has 2 aromatic heterocycles. The molecule has 1 fully saturated rings. The normalized spacial score (nSPS) is 21.6. The summed E-state index contributed by atoms with van der Waals surface area (Å²) in [7, 11) is 0. The van der Waals surface area contributed by atoms with E-state index in [-0.39, 0.29) is 17.4 Å². The molecule has 4 rings (SSSR count). The van der Waals surface area contributed by atoms with Gasteiger partial charge in [0.15, 0.2) is 0 Å². The van der Waals surface area contributed by atoms with E-state index in [1.54, 1.807) is 18.6 Å². The Hall–Kier alpha value is -2.48. The first-order valence-corrected chi connectivity index (χ1v) is 9.48. The summed E-state index contributed by atoms with van der Waals surface area (Å²) in [6, 6.07) is 2.07. The monoisotopic (exact) mass is 370 g/mol. The van der Waals surface area contributed by atoms with E-state index in [1.165, 1.54) is 0 Å². The van der Waals surface area contributed by atoms with E-state index in [1.807, 2.05) is 9.58 Å². The lowest BCUT2D eigenvalue weighted by Gasteiger charge is -2.38. The Kier molecular flexibility index (Phi) is 4.82. The summed E-state index contributed by atoms with van der Waals surface area (Å²) in [6.45, 7) is 7.44. The molecule has 27 heavy (non-hydrogen) atoms. The summed E-state index contributed by atoms with van der Waals surface area (Å²) in [4.78, 5) is 23.2. The highest BCUT2D eigenvalue weighted by Crippen LogP contribution is 2.30. The van der Waals surface area contributed by atoms with Gasteiger partial charge >= 0.3 is 0 Å². The topological polar surface area (TPSA) is 85.2 Å². The van der Waals surface area contributed by atoms with Crippen molar-refractivity contribution in [2.24, 2.45) is 5.92 Å². The number of fused-ring (bicyclic) bond motifs is 1. The van der Waals surface area contributed by atoms with Crippen molar-refractivity contribution in [3.05, 3.63) is 36.0 Å². The number of rotatable bonds is 4. The van der Waals surface area contributed by atoms with Gasteiger partial charge in [-0.1, -0.05) is 0 Å². The molecule has 2 aliphatic heterocycles. The highest BCUT2D eigenvalue weighted by molar-refractivity contribution is 5.79. The van der Waals surface area contributed by atoms with Gasteiger partial charge in [-0.05, 0) is 32.8 Å². The van der Waals surface area contributed by atoms with Crippen molar-refractivity contribution in [2.75, 3.05) is 18.5 Å². The van der Waals surface area contributed by atoms with Crippen LogP contribution in [0.3, 0.4) is 0 Å². The first-order valence-electron chi connectivity index (χ1n) is 9.48. The second kappa shape index (κ2) is 7.26. The molecule has 144 valence electrons. The quantitative estimate of drug-likeness (QED) is 0.884. The molecule has 0 aliphatic carbocycles. The molecule has 4 heterocycles. The Balaban J connectivity index is 1.38. The highest BCUT2D eigenvalue weighted by atomic mass is 16.5. The first kappa shape index (κ1) is 17.9. The van der Waals surface area contributed by atoms with E-state index in [0.29, 0.717) is 26.2 Å². The van der Waals surface area contributed by atoms with Crippen molar-refractivity contribution in [1.82, 2.24) is 24.6 Å². The number of ether oxygens (including phenoxy) is 1. The number of carbonyl (C=O) groups is 1. The van der Waals surface area contributed by atoms with Crippen molar-refractivity contribution >= 4 is 11.7 Å². The van der Waals surface area contributed by atoms with Gasteiger partial charge in [0, 0.05) is 31.5 Å². The molecule has 2 aliphatic rings. The Labute approximate surface area is 158 Å². The average Bonchev–Trinajstić information content (AvgIpc) is 3.08.